The molecular weight excluding hydrogens is 695 g/mol. The van der Waals surface area contributed by atoms with Crippen molar-refractivity contribution in [2.45, 2.75) is 133 Å². The molecule has 0 aliphatic rings. The lowest BCUT2D eigenvalue weighted by Gasteiger charge is -2.30. The number of hydrogen-bond acceptors (Lipinski definition) is 11. The Bertz CT molecular complexity index is 865. The van der Waals surface area contributed by atoms with Gasteiger partial charge in [0.25, 0.3) is 0 Å². The molecule has 0 aliphatic heterocycles. The summed E-state index contributed by atoms with van der Waals surface area (Å²) in [5.74, 6) is 0. The predicted molar refractivity (Wildman–Crippen MR) is 190 cm³/mol. The van der Waals surface area contributed by atoms with Gasteiger partial charge in [-0.3, -0.25) is 0 Å². The van der Waals surface area contributed by atoms with E-state index < -0.39 is 47.2 Å². The molecule has 0 heterocycles. The van der Waals surface area contributed by atoms with Gasteiger partial charge < -0.3 is 44.2 Å². The van der Waals surface area contributed by atoms with E-state index in [1.54, 1.807) is 20.8 Å². The van der Waals surface area contributed by atoms with Crippen LogP contribution in [0.2, 0.25) is 0 Å². The first-order chi connectivity index (χ1) is 21.7. The Hall–Kier alpha value is -1.93. The molecule has 16 heteroatoms. The molecule has 288 valence electrons. The van der Waals surface area contributed by atoms with Gasteiger partial charge in [0.1, 0.15) is 17.3 Å². The Morgan fingerprint density at radius 3 is 1.31 bits per heavy atom. The maximum Gasteiger partial charge on any atom is 0.509 e. The number of ether oxygens (including phenoxy) is 6. The number of alkyl halides is 2. The second-order valence-electron chi connectivity index (χ2n) is 14.1. The number of rotatable bonds is 11. The Balaban J connectivity index is -0.000000313. The van der Waals surface area contributed by atoms with Crippen LogP contribution in [0.1, 0.15) is 110 Å². The maximum absolute atomic E-state index is 11.5. The number of halogens is 3. The first-order valence-electron chi connectivity index (χ1n) is 15.6. The van der Waals surface area contributed by atoms with Crippen LogP contribution < -0.4 is 10.6 Å². The first kappa shape index (κ1) is 52.9. The third kappa shape index (κ3) is 42.1. The molecule has 0 aromatic carbocycles. The van der Waals surface area contributed by atoms with Gasteiger partial charge in [0.2, 0.25) is 0 Å². The molecule has 3 N–H and O–H groups in total. The lowest BCUT2D eigenvalue weighted by atomic mass is 9.87. The summed E-state index contributed by atoms with van der Waals surface area (Å²) < 4.78 is 28.7. The van der Waals surface area contributed by atoms with Crippen LogP contribution in [0.15, 0.2) is 0 Å². The second kappa shape index (κ2) is 27.8. The number of hydrogen-bond donors (Lipinski definition) is 3. The number of aliphatic hydroxyl groups excluding tert-OH is 1. The highest BCUT2D eigenvalue weighted by Gasteiger charge is 2.29. The lowest BCUT2D eigenvalue weighted by molar-refractivity contribution is -0.0146. The van der Waals surface area contributed by atoms with Crippen molar-refractivity contribution < 1.29 is 52.7 Å². The predicted octanol–water partition coefficient (Wildman–Crippen LogP) is 8.57. The number of carbonyl (C=O) groups excluding carboxylic acids is 4. The summed E-state index contributed by atoms with van der Waals surface area (Å²) in [7, 11) is 0. The minimum atomic E-state index is -0.870. The molecule has 0 rings (SSSR count). The van der Waals surface area contributed by atoms with E-state index in [-0.39, 0.29) is 23.0 Å². The van der Waals surface area contributed by atoms with E-state index in [0.717, 1.165) is 13.2 Å². The van der Waals surface area contributed by atoms with E-state index in [2.05, 4.69) is 31.7 Å². The van der Waals surface area contributed by atoms with Crippen molar-refractivity contribution in [3.8, 4) is 0 Å². The third-order valence-corrected chi connectivity index (χ3v) is 5.44. The van der Waals surface area contributed by atoms with Crippen molar-refractivity contribution in [3.05, 3.63) is 0 Å². The summed E-state index contributed by atoms with van der Waals surface area (Å²) in [4.78, 5) is 43.7. The molecule has 2 atom stereocenters. The van der Waals surface area contributed by atoms with Crippen molar-refractivity contribution in [1.82, 2.24) is 10.6 Å². The van der Waals surface area contributed by atoms with Crippen molar-refractivity contribution in [2.24, 2.45) is 10.8 Å². The summed E-state index contributed by atoms with van der Waals surface area (Å²) in [6.45, 7) is 28.9. The van der Waals surface area contributed by atoms with Gasteiger partial charge in [-0.2, -0.15) is 0 Å². The zero-order valence-electron chi connectivity index (χ0n) is 31.5. The van der Waals surface area contributed by atoms with Gasteiger partial charge >= 0.3 is 23.8 Å². The fourth-order valence-corrected chi connectivity index (χ4v) is 3.09. The van der Waals surface area contributed by atoms with Crippen LogP contribution in [0.25, 0.3) is 0 Å². The molecular formula is C32H63Cl3N2O11. The van der Waals surface area contributed by atoms with Crippen molar-refractivity contribution in [1.29, 1.82) is 0 Å². The fraction of sp³-hybridized carbons (Fsp3) is 0.875. The maximum atomic E-state index is 11.5. The summed E-state index contributed by atoms with van der Waals surface area (Å²) in [6.07, 6.45) is -1.62. The van der Waals surface area contributed by atoms with Gasteiger partial charge in [0.15, 0.2) is 12.1 Å². The molecule has 0 radical (unpaired) electrons. The molecule has 0 aromatic rings. The first-order valence-corrected chi connectivity index (χ1v) is 17.1. The van der Waals surface area contributed by atoms with Crippen LogP contribution in [-0.2, 0) is 28.4 Å². The zero-order valence-corrected chi connectivity index (χ0v) is 33.7. The average molecular weight is 758 g/mol. The summed E-state index contributed by atoms with van der Waals surface area (Å²) in [6, 6.07) is -0.436. The Kier molecular flexibility index (Phi) is 30.7. The quantitative estimate of drug-likeness (QED) is 0.0799. The SMILES string of the molecule is CC(C)(C)OC(=O)NCCC(O)C(C)(C)C.CC(C)(C)OC(=O)NCCC(OC(=O)OCCl)C(C)(C)C.CCOCC.O=C(Cl)OCCl. The molecule has 0 bridgehead atoms. The smallest absolute Gasteiger partial charge is 0.444 e. The molecule has 0 aliphatic carbocycles. The Morgan fingerprint density at radius 1 is 0.667 bits per heavy atom. The van der Waals surface area contributed by atoms with Gasteiger partial charge in [0.05, 0.1) is 6.10 Å². The topological polar surface area (TPSA) is 168 Å². The Morgan fingerprint density at radius 2 is 1.06 bits per heavy atom. The van der Waals surface area contributed by atoms with Gasteiger partial charge in [-0.15, -0.1) is 0 Å². The molecule has 13 nitrogen and oxygen atoms in total. The van der Waals surface area contributed by atoms with E-state index in [0.29, 0.717) is 25.9 Å². The Labute approximate surface area is 303 Å². The molecule has 2 unspecified atom stereocenters. The van der Waals surface area contributed by atoms with Crippen LogP contribution in [0.3, 0.4) is 0 Å². The number of aliphatic hydroxyl groups is 1. The summed E-state index contributed by atoms with van der Waals surface area (Å²) in [5.41, 5.74) is -2.35. The van der Waals surface area contributed by atoms with Crippen LogP contribution >= 0.6 is 34.8 Å². The standard InChI is InChI=1S/C14H26ClNO5.C12H25NO3.C4H10O.C2H2Cl2O2/c1-13(2,3)10(20-12(18)19-9-15)7-8-16-11(17)21-14(4,5)6;1-11(2,3)9(14)7-8-13-10(15)16-12(4,5)6;1-3-5-4-2;3-1-6-2(4)5/h10H,7-9H2,1-6H3,(H,16,17);9,14H,7-8H2,1-6H3,(H,13,15);3-4H2,1-2H3;1H2. The molecule has 0 spiro atoms. The van der Waals surface area contributed by atoms with Gasteiger partial charge in [0, 0.05) is 44.3 Å². The van der Waals surface area contributed by atoms with Crippen LogP contribution in [-0.4, -0.2) is 90.7 Å². The summed E-state index contributed by atoms with van der Waals surface area (Å²) >= 11 is 14.8. The van der Waals surface area contributed by atoms with Crippen LogP contribution in [0, 0.1) is 10.8 Å². The largest absolute Gasteiger partial charge is 0.509 e. The highest BCUT2D eigenvalue weighted by Crippen LogP contribution is 2.25. The molecule has 2 amide bonds. The van der Waals surface area contributed by atoms with Crippen molar-refractivity contribution in [3.63, 3.8) is 0 Å². The average Bonchev–Trinajstić information content (AvgIpc) is 2.86. The number of amides is 2. The highest BCUT2D eigenvalue weighted by atomic mass is 35.5. The minimum absolute atomic E-state index is 0.157. The molecule has 48 heavy (non-hydrogen) atoms. The lowest BCUT2D eigenvalue weighted by Crippen LogP contribution is -2.38. The minimum Gasteiger partial charge on any atom is -0.444 e. The van der Waals surface area contributed by atoms with E-state index in [1.165, 1.54) is 0 Å². The van der Waals surface area contributed by atoms with Crippen molar-refractivity contribution >= 4 is 58.6 Å². The van der Waals surface area contributed by atoms with E-state index in [4.69, 9.17) is 42.1 Å². The second-order valence-corrected chi connectivity index (χ2v) is 14.8. The molecule has 0 aromatic heterocycles. The third-order valence-electron chi connectivity index (χ3n) is 5.11. The van der Waals surface area contributed by atoms with Crippen molar-refractivity contribution in [2.75, 3.05) is 38.4 Å². The molecule has 0 saturated heterocycles. The normalized spacial score (nSPS) is 12.5. The highest BCUT2D eigenvalue weighted by molar-refractivity contribution is 6.61. The number of alkyl carbamates (subject to hydrolysis) is 2. The van der Waals surface area contributed by atoms with E-state index in [1.807, 2.05) is 76.2 Å². The number of nitrogens with one attached hydrogen (secondary N) is 2. The van der Waals surface area contributed by atoms with Gasteiger partial charge in [-0.25, -0.2) is 19.2 Å². The van der Waals surface area contributed by atoms with Gasteiger partial charge in [-0.05, 0) is 72.6 Å². The van der Waals surface area contributed by atoms with Crippen LogP contribution in [0.4, 0.5) is 19.2 Å². The number of carbonyl (C=O) groups is 4. The van der Waals surface area contributed by atoms with Crippen LogP contribution in [0.5, 0.6) is 0 Å². The summed E-state index contributed by atoms with van der Waals surface area (Å²) in [5, 5.41) is 15.0. The van der Waals surface area contributed by atoms with E-state index in [9.17, 15) is 24.3 Å². The fourth-order valence-electron chi connectivity index (χ4n) is 2.79. The monoisotopic (exact) mass is 756 g/mol. The molecule has 0 saturated carbocycles. The molecule has 0 fully saturated rings. The van der Waals surface area contributed by atoms with E-state index >= 15 is 0 Å². The van der Waals surface area contributed by atoms with Gasteiger partial charge in [-0.1, -0.05) is 64.7 Å². The zero-order chi connectivity index (χ0) is 38.8.